The van der Waals surface area contributed by atoms with Gasteiger partial charge in [-0.1, -0.05) is 28.9 Å². The number of aryl methyl sites for hydroxylation is 1. The maximum absolute atomic E-state index is 11.6. The molecule has 0 radical (unpaired) electrons. The van der Waals surface area contributed by atoms with Gasteiger partial charge in [0.2, 0.25) is 0 Å². The number of carbonyl (C=O) groups is 1. The first kappa shape index (κ1) is 17.3. The minimum Gasteiger partial charge on any atom is -0.508 e. The second-order valence-electron chi connectivity index (χ2n) is 8.42. The summed E-state index contributed by atoms with van der Waals surface area (Å²) in [5, 5.41) is 30.6. The van der Waals surface area contributed by atoms with Crippen LogP contribution in [0.2, 0.25) is 0 Å². The van der Waals surface area contributed by atoms with Gasteiger partial charge in [-0.2, -0.15) is 0 Å². The van der Waals surface area contributed by atoms with E-state index in [1.54, 1.807) is 6.07 Å². The zero-order valence-electron chi connectivity index (χ0n) is 14.4. The number of halogens is 1. The molecule has 0 aliphatic heterocycles. The van der Waals surface area contributed by atoms with Gasteiger partial charge in [-0.3, -0.25) is 4.79 Å². The van der Waals surface area contributed by atoms with E-state index in [9.17, 15) is 20.1 Å². The van der Waals surface area contributed by atoms with Crippen LogP contribution >= 0.6 is 15.9 Å². The highest BCUT2D eigenvalue weighted by Crippen LogP contribution is 2.65. The number of hydrogen-bond acceptors (Lipinski definition) is 3. The van der Waals surface area contributed by atoms with Gasteiger partial charge in [-0.05, 0) is 79.5 Å². The average Bonchev–Trinajstić information content (AvgIpc) is 2.86. The Morgan fingerprint density at radius 3 is 2.76 bits per heavy atom. The molecule has 136 valence electrons. The zero-order valence-corrected chi connectivity index (χ0v) is 16.0. The van der Waals surface area contributed by atoms with Crippen molar-refractivity contribution in [3.05, 3.63) is 29.3 Å². The molecule has 1 aromatic carbocycles. The molecule has 3 aliphatic carbocycles. The van der Waals surface area contributed by atoms with Crippen LogP contribution in [-0.4, -0.2) is 31.7 Å². The van der Waals surface area contributed by atoms with Gasteiger partial charge >= 0.3 is 5.97 Å². The number of alkyl halides is 1. The molecule has 3 N–H and O–H groups in total. The van der Waals surface area contributed by atoms with Gasteiger partial charge in [0.05, 0.1) is 5.60 Å². The molecule has 5 heteroatoms. The lowest BCUT2D eigenvalue weighted by Gasteiger charge is -2.53. The summed E-state index contributed by atoms with van der Waals surface area (Å²) in [5.74, 6) is 0.645. The molecule has 0 bridgehead atoms. The molecule has 1 aromatic rings. The van der Waals surface area contributed by atoms with E-state index in [4.69, 9.17) is 0 Å². The predicted octanol–water partition coefficient (Wildman–Crippen LogP) is 3.83. The van der Waals surface area contributed by atoms with Crippen molar-refractivity contribution in [2.45, 2.75) is 61.8 Å². The molecule has 0 amide bonds. The second kappa shape index (κ2) is 5.71. The fourth-order valence-corrected chi connectivity index (χ4v) is 6.99. The molecule has 0 heterocycles. The van der Waals surface area contributed by atoms with E-state index in [-0.39, 0.29) is 5.41 Å². The molecule has 0 aromatic heterocycles. The molecule has 4 nitrogen and oxygen atoms in total. The lowest BCUT2D eigenvalue weighted by molar-refractivity contribution is -0.151. The van der Waals surface area contributed by atoms with E-state index < -0.39 is 16.4 Å². The Hall–Kier alpha value is -1.07. The average molecular weight is 409 g/mol. The lowest BCUT2D eigenvalue weighted by Crippen LogP contribution is -2.57. The number of hydrogen-bond donors (Lipinski definition) is 3. The molecule has 2 saturated carbocycles. The van der Waals surface area contributed by atoms with Crippen LogP contribution in [0.3, 0.4) is 0 Å². The predicted molar refractivity (Wildman–Crippen MR) is 98.0 cm³/mol. The third-order valence-electron chi connectivity index (χ3n) is 7.56. The molecule has 1 unspecified atom stereocenters. The summed E-state index contributed by atoms with van der Waals surface area (Å²) in [7, 11) is 0. The third-order valence-corrected chi connectivity index (χ3v) is 8.71. The SMILES string of the molecule is C[C@]12CC[C@@H]3c4ccc(O)cc4CC[C@H]3[C@@H]1CC[C@@]2(O)C(Br)C(=O)O. The topological polar surface area (TPSA) is 77.8 Å². The fourth-order valence-electron chi connectivity index (χ4n) is 6.24. The summed E-state index contributed by atoms with van der Waals surface area (Å²) in [6.07, 6.45) is 5.24. The van der Waals surface area contributed by atoms with E-state index in [2.05, 4.69) is 28.9 Å². The van der Waals surface area contributed by atoms with E-state index in [1.807, 2.05) is 6.07 Å². The minimum atomic E-state index is -1.19. The van der Waals surface area contributed by atoms with Crippen molar-refractivity contribution in [2.24, 2.45) is 17.3 Å². The quantitative estimate of drug-likeness (QED) is 0.649. The monoisotopic (exact) mass is 408 g/mol. The Bertz CT molecular complexity index is 720. The van der Waals surface area contributed by atoms with Crippen molar-refractivity contribution in [1.29, 1.82) is 0 Å². The van der Waals surface area contributed by atoms with E-state index in [0.717, 1.165) is 32.1 Å². The van der Waals surface area contributed by atoms with Crippen molar-refractivity contribution in [1.82, 2.24) is 0 Å². The molecule has 4 rings (SSSR count). The number of benzene rings is 1. The summed E-state index contributed by atoms with van der Waals surface area (Å²) in [5.41, 5.74) is 1.04. The standard InChI is InChI=1S/C20H25BrO4/c1-19-8-6-14-13-5-3-12(22)10-11(13)2-4-15(14)16(19)7-9-20(19,25)17(21)18(23)24/h3,5,10,14-17,22,25H,2,4,6-9H2,1H3,(H,23,24)/t14-,15-,16+,17?,19+,20-/m1/s1. The highest BCUT2D eigenvalue weighted by molar-refractivity contribution is 9.10. The van der Waals surface area contributed by atoms with Gasteiger partial charge in [0.15, 0.2) is 0 Å². The van der Waals surface area contributed by atoms with Crippen LogP contribution in [0.5, 0.6) is 5.75 Å². The molecular formula is C20H25BrO4. The second-order valence-corrected chi connectivity index (χ2v) is 9.33. The molecule has 3 aliphatic rings. The fraction of sp³-hybridized carbons (Fsp3) is 0.650. The van der Waals surface area contributed by atoms with Gasteiger partial charge in [0.25, 0.3) is 0 Å². The molecule has 0 spiro atoms. The number of fused-ring (bicyclic) bond motifs is 5. The Kier molecular flexibility index (Phi) is 3.97. The number of aliphatic carboxylic acids is 1. The first-order valence-electron chi connectivity index (χ1n) is 9.19. The number of aromatic hydroxyl groups is 1. The summed E-state index contributed by atoms with van der Waals surface area (Å²) >= 11 is 3.27. The number of phenolic OH excluding ortho intramolecular Hbond substituents is 1. The van der Waals surface area contributed by atoms with Crippen molar-refractivity contribution < 1.29 is 20.1 Å². The van der Waals surface area contributed by atoms with Crippen molar-refractivity contribution in [3.63, 3.8) is 0 Å². The van der Waals surface area contributed by atoms with Gasteiger partial charge in [-0.15, -0.1) is 0 Å². The highest BCUT2D eigenvalue weighted by atomic mass is 79.9. The molecule has 25 heavy (non-hydrogen) atoms. The van der Waals surface area contributed by atoms with Gasteiger partial charge in [-0.25, -0.2) is 0 Å². The van der Waals surface area contributed by atoms with Crippen LogP contribution in [-0.2, 0) is 11.2 Å². The molecular weight excluding hydrogens is 384 g/mol. The van der Waals surface area contributed by atoms with Crippen LogP contribution in [0.25, 0.3) is 0 Å². The number of carboxylic acids is 1. The number of phenols is 1. The summed E-state index contributed by atoms with van der Waals surface area (Å²) in [4.78, 5) is 10.6. The number of rotatable bonds is 2. The summed E-state index contributed by atoms with van der Waals surface area (Å²) < 4.78 is 0. The maximum atomic E-state index is 11.6. The smallest absolute Gasteiger partial charge is 0.320 e. The Labute approximate surface area is 156 Å². The third kappa shape index (κ3) is 2.31. The highest BCUT2D eigenvalue weighted by Gasteiger charge is 2.64. The van der Waals surface area contributed by atoms with Crippen molar-refractivity contribution in [2.75, 3.05) is 0 Å². The maximum Gasteiger partial charge on any atom is 0.320 e. The van der Waals surface area contributed by atoms with Crippen molar-refractivity contribution >= 4 is 21.9 Å². The van der Waals surface area contributed by atoms with E-state index in [1.165, 1.54) is 11.1 Å². The van der Waals surface area contributed by atoms with Crippen LogP contribution in [0, 0.1) is 17.3 Å². The summed E-state index contributed by atoms with van der Waals surface area (Å²) in [6, 6.07) is 5.73. The Morgan fingerprint density at radius 2 is 2.04 bits per heavy atom. The van der Waals surface area contributed by atoms with Crippen LogP contribution in [0.1, 0.15) is 56.1 Å². The lowest BCUT2D eigenvalue weighted by atomic mass is 9.53. The van der Waals surface area contributed by atoms with Crippen LogP contribution in [0.15, 0.2) is 18.2 Å². The summed E-state index contributed by atoms with van der Waals surface area (Å²) in [6.45, 7) is 2.10. The first-order valence-corrected chi connectivity index (χ1v) is 10.1. The van der Waals surface area contributed by atoms with E-state index in [0.29, 0.717) is 29.9 Å². The molecule has 0 saturated heterocycles. The molecule has 6 atom stereocenters. The molecule has 2 fully saturated rings. The van der Waals surface area contributed by atoms with Crippen molar-refractivity contribution in [3.8, 4) is 5.75 Å². The zero-order chi connectivity index (χ0) is 18.0. The van der Waals surface area contributed by atoms with Gasteiger partial charge < -0.3 is 15.3 Å². The first-order chi connectivity index (χ1) is 11.8. The van der Waals surface area contributed by atoms with Crippen LogP contribution in [0.4, 0.5) is 0 Å². The number of aliphatic hydroxyl groups is 1. The van der Waals surface area contributed by atoms with Crippen LogP contribution < -0.4 is 0 Å². The van der Waals surface area contributed by atoms with Gasteiger partial charge in [0.1, 0.15) is 10.6 Å². The van der Waals surface area contributed by atoms with Gasteiger partial charge in [0, 0.05) is 5.41 Å². The largest absolute Gasteiger partial charge is 0.508 e. The van der Waals surface area contributed by atoms with E-state index >= 15 is 0 Å². The Balaban J connectivity index is 1.69. The normalized spacial score (nSPS) is 40.7. The Morgan fingerprint density at radius 1 is 1.28 bits per heavy atom. The number of carboxylic acid groups (broad SMARTS) is 1. The minimum absolute atomic E-state index is 0.330.